The van der Waals surface area contributed by atoms with Gasteiger partial charge in [-0.05, 0) is 30.5 Å². The first kappa shape index (κ1) is 13.8. The number of hydrogen-bond acceptors (Lipinski definition) is 4. The highest BCUT2D eigenvalue weighted by Crippen LogP contribution is 2.10. The normalized spacial score (nSPS) is 10.3. The summed E-state index contributed by atoms with van der Waals surface area (Å²) >= 11 is 0. The number of hydrogen-bond donors (Lipinski definition) is 3. The van der Waals surface area contributed by atoms with Crippen molar-refractivity contribution in [2.45, 2.75) is 20.4 Å². The summed E-state index contributed by atoms with van der Waals surface area (Å²) in [7, 11) is 0. The fourth-order valence-corrected chi connectivity index (χ4v) is 1.74. The third-order valence-electron chi connectivity index (χ3n) is 3.07. The van der Waals surface area contributed by atoms with Crippen molar-refractivity contribution in [3.05, 3.63) is 57.3 Å². The van der Waals surface area contributed by atoms with Gasteiger partial charge in [0.1, 0.15) is 0 Å². The molecule has 6 heteroatoms. The molecule has 0 saturated heterocycles. The number of aromatic hydroxyl groups is 1. The van der Waals surface area contributed by atoms with E-state index in [1.165, 1.54) is 5.56 Å². The lowest BCUT2D eigenvalue weighted by molar-refractivity contribution is 0.0942. The average molecular weight is 273 g/mol. The largest absolute Gasteiger partial charge is 0.501 e. The highest BCUT2D eigenvalue weighted by atomic mass is 16.3. The number of aromatic amines is 1. The zero-order chi connectivity index (χ0) is 14.7. The Bertz CT molecular complexity index is 707. The summed E-state index contributed by atoms with van der Waals surface area (Å²) in [6, 6.07) is 5.86. The van der Waals surface area contributed by atoms with Crippen molar-refractivity contribution in [2.75, 3.05) is 0 Å². The second kappa shape index (κ2) is 5.56. The zero-order valence-electron chi connectivity index (χ0n) is 11.2. The number of carbonyl (C=O) groups excluding carboxylic acids is 1. The number of nitrogens with zero attached hydrogens (tertiary/aromatic N) is 1. The van der Waals surface area contributed by atoms with E-state index >= 15 is 0 Å². The molecule has 0 fully saturated rings. The van der Waals surface area contributed by atoms with Crippen molar-refractivity contribution >= 4 is 5.91 Å². The molecule has 1 amide bonds. The lowest BCUT2D eigenvalue weighted by Crippen LogP contribution is -2.26. The van der Waals surface area contributed by atoms with Gasteiger partial charge in [0.2, 0.25) is 5.75 Å². The summed E-state index contributed by atoms with van der Waals surface area (Å²) in [5.41, 5.74) is 2.22. The van der Waals surface area contributed by atoms with Gasteiger partial charge < -0.3 is 15.4 Å². The molecule has 6 nitrogen and oxygen atoms in total. The predicted octanol–water partition coefficient (Wildman–Crippen LogP) is 1.02. The topological polar surface area (TPSA) is 95.1 Å². The first-order chi connectivity index (χ1) is 9.49. The van der Waals surface area contributed by atoms with E-state index in [4.69, 9.17) is 0 Å². The van der Waals surface area contributed by atoms with Gasteiger partial charge in [-0.3, -0.25) is 9.59 Å². The molecule has 0 saturated carbocycles. The maximum atomic E-state index is 11.9. The van der Waals surface area contributed by atoms with Gasteiger partial charge in [0.05, 0.1) is 6.33 Å². The van der Waals surface area contributed by atoms with Crippen LogP contribution in [0.4, 0.5) is 0 Å². The van der Waals surface area contributed by atoms with Crippen LogP contribution < -0.4 is 10.9 Å². The quantitative estimate of drug-likeness (QED) is 0.778. The van der Waals surface area contributed by atoms with E-state index in [1.54, 1.807) is 0 Å². The monoisotopic (exact) mass is 273 g/mol. The van der Waals surface area contributed by atoms with E-state index in [1.807, 2.05) is 32.0 Å². The summed E-state index contributed by atoms with van der Waals surface area (Å²) in [5.74, 6) is -1.27. The number of aromatic nitrogens is 2. The number of carbonyl (C=O) groups is 1. The molecule has 3 N–H and O–H groups in total. The van der Waals surface area contributed by atoms with Crippen LogP contribution in [0.5, 0.6) is 5.75 Å². The van der Waals surface area contributed by atoms with Gasteiger partial charge in [-0.15, -0.1) is 0 Å². The van der Waals surface area contributed by atoms with E-state index in [9.17, 15) is 14.7 Å². The van der Waals surface area contributed by atoms with E-state index in [0.717, 1.165) is 17.5 Å². The van der Waals surface area contributed by atoms with Gasteiger partial charge >= 0.3 is 0 Å². The Kier molecular flexibility index (Phi) is 3.84. The third-order valence-corrected chi connectivity index (χ3v) is 3.07. The van der Waals surface area contributed by atoms with E-state index in [2.05, 4.69) is 15.3 Å². The smallest absolute Gasteiger partial charge is 0.293 e. The number of rotatable bonds is 3. The minimum atomic E-state index is -0.740. The van der Waals surface area contributed by atoms with Crippen LogP contribution in [0.15, 0.2) is 29.3 Å². The SMILES string of the molecule is Cc1ccc(CNC(=O)c2nc[nH]c(=O)c2O)cc1C. The van der Waals surface area contributed by atoms with Crippen LogP contribution in [-0.2, 0) is 6.54 Å². The molecule has 1 heterocycles. The third kappa shape index (κ3) is 2.85. The van der Waals surface area contributed by atoms with Crippen molar-refractivity contribution < 1.29 is 9.90 Å². The fraction of sp³-hybridized carbons (Fsp3) is 0.214. The molecule has 2 aromatic rings. The predicted molar refractivity (Wildman–Crippen MR) is 73.6 cm³/mol. The van der Waals surface area contributed by atoms with Gasteiger partial charge in [0.15, 0.2) is 5.69 Å². The maximum absolute atomic E-state index is 11.9. The van der Waals surface area contributed by atoms with Crippen LogP contribution in [0.1, 0.15) is 27.2 Å². The van der Waals surface area contributed by atoms with Crippen molar-refractivity contribution in [1.29, 1.82) is 0 Å². The zero-order valence-corrected chi connectivity index (χ0v) is 11.2. The molecule has 2 rings (SSSR count). The first-order valence-corrected chi connectivity index (χ1v) is 6.10. The molecule has 1 aromatic carbocycles. The van der Waals surface area contributed by atoms with Crippen molar-refractivity contribution in [3.8, 4) is 5.75 Å². The lowest BCUT2D eigenvalue weighted by atomic mass is 10.1. The summed E-state index contributed by atoms with van der Waals surface area (Å²) in [4.78, 5) is 28.9. The second-order valence-corrected chi connectivity index (χ2v) is 4.53. The van der Waals surface area contributed by atoms with E-state index < -0.39 is 17.2 Å². The maximum Gasteiger partial charge on any atom is 0.293 e. The van der Waals surface area contributed by atoms with Gasteiger partial charge in [0.25, 0.3) is 11.5 Å². The summed E-state index contributed by atoms with van der Waals surface area (Å²) < 4.78 is 0. The number of nitrogens with one attached hydrogen (secondary N) is 2. The van der Waals surface area contributed by atoms with Crippen LogP contribution >= 0.6 is 0 Å². The van der Waals surface area contributed by atoms with E-state index in [-0.39, 0.29) is 5.69 Å². The standard InChI is InChI=1S/C14H15N3O3/c1-8-3-4-10(5-9(8)2)6-15-13(19)11-12(18)14(20)17-7-16-11/h3-5,7,18H,6H2,1-2H3,(H,15,19)(H,16,17,20). The highest BCUT2D eigenvalue weighted by molar-refractivity contribution is 5.94. The molecule has 0 atom stereocenters. The molecular formula is C14H15N3O3. The molecule has 0 unspecified atom stereocenters. The van der Waals surface area contributed by atoms with Gasteiger partial charge in [0, 0.05) is 6.54 Å². The number of aryl methyl sites for hydroxylation is 2. The van der Waals surface area contributed by atoms with Crippen LogP contribution in [0.25, 0.3) is 0 Å². The Balaban J connectivity index is 2.10. The van der Waals surface area contributed by atoms with Crippen LogP contribution in [-0.4, -0.2) is 21.0 Å². The minimum absolute atomic E-state index is 0.280. The molecule has 0 aliphatic carbocycles. The number of amides is 1. The second-order valence-electron chi connectivity index (χ2n) is 4.53. The van der Waals surface area contributed by atoms with Crippen LogP contribution in [0.3, 0.4) is 0 Å². The molecular weight excluding hydrogens is 258 g/mol. The molecule has 0 aliphatic rings. The molecule has 0 radical (unpaired) electrons. The van der Waals surface area contributed by atoms with Gasteiger partial charge in [-0.25, -0.2) is 4.98 Å². The minimum Gasteiger partial charge on any atom is -0.501 e. The average Bonchev–Trinajstić information content (AvgIpc) is 2.43. The fourth-order valence-electron chi connectivity index (χ4n) is 1.74. The first-order valence-electron chi connectivity index (χ1n) is 6.10. The Labute approximate surface area is 115 Å². The molecule has 1 aromatic heterocycles. The van der Waals surface area contributed by atoms with Crippen LogP contribution in [0, 0.1) is 13.8 Å². The summed E-state index contributed by atoms with van der Waals surface area (Å²) in [6.45, 7) is 4.30. The number of H-pyrrole nitrogens is 1. The Hall–Kier alpha value is -2.63. The van der Waals surface area contributed by atoms with Crippen molar-refractivity contribution in [1.82, 2.24) is 15.3 Å². The van der Waals surface area contributed by atoms with Crippen molar-refractivity contribution in [2.24, 2.45) is 0 Å². The lowest BCUT2D eigenvalue weighted by Gasteiger charge is -2.07. The Morgan fingerprint density at radius 3 is 2.80 bits per heavy atom. The summed E-state index contributed by atoms with van der Waals surface area (Å²) in [6.07, 6.45) is 1.08. The van der Waals surface area contributed by atoms with Crippen molar-refractivity contribution in [3.63, 3.8) is 0 Å². The van der Waals surface area contributed by atoms with Gasteiger partial charge in [-0.2, -0.15) is 0 Å². The number of benzene rings is 1. The van der Waals surface area contributed by atoms with Gasteiger partial charge in [-0.1, -0.05) is 18.2 Å². The van der Waals surface area contributed by atoms with Crippen LogP contribution in [0.2, 0.25) is 0 Å². The van der Waals surface area contributed by atoms with E-state index in [0.29, 0.717) is 6.54 Å². The molecule has 20 heavy (non-hydrogen) atoms. The summed E-state index contributed by atoms with van der Waals surface area (Å²) in [5, 5.41) is 12.1. The Morgan fingerprint density at radius 2 is 2.10 bits per heavy atom. The molecule has 0 bridgehead atoms. The highest BCUT2D eigenvalue weighted by Gasteiger charge is 2.15. The molecule has 0 spiro atoms. The molecule has 104 valence electrons. The Morgan fingerprint density at radius 1 is 1.35 bits per heavy atom. The molecule has 0 aliphatic heterocycles.